The van der Waals surface area contributed by atoms with Gasteiger partial charge in [-0.25, -0.2) is 8.78 Å². The molecule has 2 aromatic rings. The summed E-state index contributed by atoms with van der Waals surface area (Å²) in [5, 5.41) is 13.0. The zero-order valence-corrected chi connectivity index (χ0v) is 10.9. The fourth-order valence-corrected chi connectivity index (χ4v) is 1.73. The smallest absolute Gasteiger partial charge is 0.271 e. The molecule has 0 fully saturated rings. The van der Waals surface area contributed by atoms with E-state index in [-0.39, 0.29) is 11.4 Å². The molecule has 0 aliphatic carbocycles. The minimum Gasteiger partial charge on any atom is -0.321 e. The summed E-state index contributed by atoms with van der Waals surface area (Å²) in [4.78, 5) is 22.0. The van der Waals surface area contributed by atoms with E-state index in [1.54, 1.807) is 6.92 Å². The van der Waals surface area contributed by atoms with Gasteiger partial charge in [0.2, 0.25) is 0 Å². The lowest BCUT2D eigenvalue weighted by Gasteiger charge is -2.09. The van der Waals surface area contributed by atoms with Crippen LogP contribution in [0.3, 0.4) is 0 Å². The fraction of sp³-hybridized carbons (Fsp3) is 0.0714. The number of carbonyl (C=O) groups is 1. The minimum atomic E-state index is -1.27. The van der Waals surface area contributed by atoms with Crippen LogP contribution in [-0.4, -0.2) is 10.8 Å². The Morgan fingerprint density at radius 3 is 2.62 bits per heavy atom. The molecule has 0 saturated heterocycles. The van der Waals surface area contributed by atoms with E-state index in [1.807, 2.05) is 0 Å². The van der Waals surface area contributed by atoms with Gasteiger partial charge in [0.1, 0.15) is 0 Å². The summed E-state index contributed by atoms with van der Waals surface area (Å²) in [5.41, 5.74) is 0.0418. The number of carbonyl (C=O) groups excluding carboxylic acids is 1. The van der Waals surface area contributed by atoms with E-state index in [0.717, 1.165) is 18.2 Å². The van der Waals surface area contributed by atoms with Gasteiger partial charge in [0.05, 0.1) is 16.2 Å². The van der Waals surface area contributed by atoms with E-state index in [2.05, 4.69) is 5.32 Å². The van der Waals surface area contributed by atoms with Crippen LogP contribution in [0.25, 0.3) is 0 Å². The number of aryl methyl sites for hydroxylation is 1. The van der Waals surface area contributed by atoms with Gasteiger partial charge >= 0.3 is 0 Å². The van der Waals surface area contributed by atoms with Crippen molar-refractivity contribution in [1.82, 2.24) is 0 Å². The number of anilines is 1. The van der Waals surface area contributed by atoms with E-state index in [0.29, 0.717) is 5.56 Å². The summed E-state index contributed by atoms with van der Waals surface area (Å²) in [6, 6.07) is 7.12. The zero-order chi connectivity index (χ0) is 15.6. The van der Waals surface area contributed by atoms with Crippen molar-refractivity contribution in [2.75, 3.05) is 5.32 Å². The first kappa shape index (κ1) is 14.6. The minimum absolute atomic E-state index is 0.165. The summed E-state index contributed by atoms with van der Waals surface area (Å²) in [7, 11) is 0. The van der Waals surface area contributed by atoms with Crippen LogP contribution in [0, 0.1) is 28.7 Å². The quantitative estimate of drug-likeness (QED) is 0.695. The lowest BCUT2D eigenvalue weighted by atomic mass is 10.1. The van der Waals surface area contributed by atoms with Crippen LogP contribution in [0.2, 0.25) is 0 Å². The van der Waals surface area contributed by atoms with E-state index < -0.39 is 28.0 Å². The van der Waals surface area contributed by atoms with Gasteiger partial charge in [-0.3, -0.25) is 14.9 Å². The molecule has 0 aliphatic rings. The highest BCUT2D eigenvalue weighted by Crippen LogP contribution is 2.23. The third kappa shape index (κ3) is 3.02. The molecule has 0 aromatic heterocycles. The van der Waals surface area contributed by atoms with Gasteiger partial charge in [-0.15, -0.1) is 0 Å². The number of nitro benzene ring substituents is 1. The van der Waals surface area contributed by atoms with Gasteiger partial charge < -0.3 is 5.32 Å². The SMILES string of the molecule is Cc1ccc([N+](=O)[O-])cc1NC(=O)c1cccc(F)c1F. The Morgan fingerprint density at radius 2 is 1.95 bits per heavy atom. The van der Waals surface area contributed by atoms with Gasteiger partial charge in [-0.1, -0.05) is 12.1 Å². The number of nitrogens with one attached hydrogen (secondary N) is 1. The lowest BCUT2D eigenvalue weighted by molar-refractivity contribution is -0.384. The summed E-state index contributed by atoms with van der Waals surface area (Å²) in [5.74, 6) is -3.29. The maximum Gasteiger partial charge on any atom is 0.271 e. The predicted octanol–water partition coefficient (Wildman–Crippen LogP) is 3.43. The van der Waals surface area contributed by atoms with Crippen LogP contribution in [0.4, 0.5) is 20.2 Å². The predicted molar refractivity (Wildman–Crippen MR) is 72.1 cm³/mol. The van der Waals surface area contributed by atoms with Crippen LogP contribution < -0.4 is 5.32 Å². The van der Waals surface area contributed by atoms with Crippen molar-refractivity contribution < 1.29 is 18.5 Å². The maximum absolute atomic E-state index is 13.5. The molecule has 1 N–H and O–H groups in total. The van der Waals surface area contributed by atoms with Gasteiger partial charge in [-0.2, -0.15) is 0 Å². The lowest BCUT2D eigenvalue weighted by Crippen LogP contribution is -2.15. The Labute approximate surface area is 118 Å². The molecule has 0 radical (unpaired) electrons. The average Bonchev–Trinajstić information content (AvgIpc) is 2.43. The maximum atomic E-state index is 13.5. The second-order valence-corrected chi connectivity index (χ2v) is 4.31. The third-order valence-electron chi connectivity index (χ3n) is 2.88. The number of nitro groups is 1. The summed E-state index contributed by atoms with van der Waals surface area (Å²) >= 11 is 0. The highest BCUT2D eigenvalue weighted by molar-refractivity contribution is 6.05. The molecule has 0 aliphatic heterocycles. The van der Waals surface area contributed by atoms with Gasteiger partial charge in [-0.05, 0) is 24.6 Å². The molecule has 0 unspecified atom stereocenters. The Morgan fingerprint density at radius 1 is 1.24 bits per heavy atom. The summed E-state index contributed by atoms with van der Waals surface area (Å²) in [6.45, 7) is 1.63. The number of rotatable bonds is 3. The molecule has 5 nitrogen and oxygen atoms in total. The summed E-state index contributed by atoms with van der Waals surface area (Å²) in [6.07, 6.45) is 0. The zero-order valence-electron chi connectivity index (χ0n) is 10.9. The van der Waals surface area contributed by atoms with E-state index in [9.17, 15) is 23.7 Å². The monoisotopic (exact) mass is 292 g/mol. The number of halogens is 2. The van der Waals surface area contributed by atoms with Crippen LogP contribution in [0.1, 0.15) is 15.9 Å². The van der Waals surface area contributed by atoms with Crippen molar-refractivity contribution in [3.05, 3.63) is 69.3 Å². The number of nitrogens with zero attached hydrogens (tertiary/aromatic N) is 1. The van der Waals surface area contributed by atoms with Crippen molar-refractivity contribution in [3.8, 4) is 0 Å². The molecule has 7 heteroatoms. The van der Waals surface area contributed by atoms with Gasteiger partial charge in [0.15, 0.2) is 11.6 Å². The molecule has 1 amide bonds. The van der Waals surface area contributed by atoms with Crippen molar-refractivity contribution in [2.24, 2.45) is 0 Å². The van der Waals surface area contributed by atoms with Crippen LogP contribution >= 0.6 is 0 Å². The van der Waals surface area contributed by atoms with Crippen molar-refractivity contribution >= 4 is 17.3 Å². The molecule has 21 heavy (non-hydrogen) atoms. The molecule has 0 atom stereocenters. The van der Waals surface area contributed by atoms with Gasteiger partial charge in [0, 0.05) is 12.1 Å². The number of benzene rings is 2. The Bertz CT molecular complexity index is 732. The molecule has 0 saturated carbocycles. The largest absolute Gasteiger partial charge is 0.321 e. The topological polar surface area (TPSA) is 72.2 Å². The fourth-order valence-electron chi connectivity index (χ4n) is 1.73. The van der Waals surface area contributed by atoms with Crippen LogP contribution in [-0.2, 0) is 0 Å². The molecule has 2 rings (SSSR count). The second-order valence-electron chi connectivity index (χ2n) is 4.31. The molecule has 0 heterocycles. The first-order valence-corrected chi connectivity index (χ1v) is 5.90. The van der Waals surface area contributed by atoms with E-state index >= 15 is 0 Å². The molecular weight excluding hydrogens is 282 g/mol. The first-order chi connectivity index (χ1) is 9.90. The number of non-ortho nitro benzene ring substituents is 1. The normalized spacial score (nSPS) is 10.2. The summed E-state index contributed by atoms with van der Waals surface area (Å²) < 4.78 is 26.6. The Hall–Kier alpha value is -2.83. The molecular formula is C14H10F2N2O3. The Balaban J connectivity index is 2.33. The standard InChI is InChI=1S/C14H10F2N2O3/c1-8-5-6-9(18(20)21)7-12(8)17-14(19)10-3-2-4-11(15)13(10)16/h2-7H,1H3,(H,17,19). The van der Waals surface area contributed by atoms with E-state index in [4.69, 9.17) is 0 Å². The van der Waals surface area contributed by atoms with Crippen molar-refractivity contribution in [2.45, 2.75) is 6.92 Å². The Kier molecular flexibility index (Phi) is 3.93. The second kappa shape index (κ2) is 5.66. The third-order valence-corrected chi connectivity index (χ3v) is 2.88. The molecule has 0 spiro atoms. The molecule has 108 valence electrons. The van der Waals surface area contributed by atoms with Gasteiger partial charge in [0.25, 0.3) is 11.6 Å². The van der Waals surface area contributed by atoms with E-state index in [1.165, 1.54) is 18.2 Å². The molecule has 0 bridgehead atoms. The first-order valence-electron chi connectivity index (χ1n) is 5.90. The average molecular weight is 292 g/mol. The molecule has 2 aromatic carbocycles. The van der Waals surface area contributed by atoms with Crippen molar-refractivity contribution in [3.63, 3.8) is 0 Å². The highest BCUT2D eigenvalue weighted by Gasteiger charge is 2.17. The van der Waals surface area contributed by atoms with Crippen LogP contribution in [0.5, 0.6) is 0 Å². The highest BCUT2D eigenvalue weighted by atomic mass is 19.2. The van der Waals surface area contributed by atoms with Crippen LogP contribution in [0.15, 0.2) is 36.4 Å². The van der Waals surface area contributed by atoms with Crippen molar-refractivity contribution in [1.29, 1.82) is 0 Å². The number of hydrogen-bond acceptors (Lipinski definition) is 3. The number of amides is 1. The number of hydrogen-bond donors (Lipinski definition) is 1.